The molecule has 98 valence electrons. The molecule has 0 heterocycles. The van der Waals surface area contributed by atoms with E-state index in [1.807, 2.05) is 6.92 Å². The van der Waals surface area contributed by atoms with Crippen molar-refractivity contribution in [2.24, 2.45) is 0 Å². The number of hydrogen-bond donors (Lipinski definition) is 2. The van der Waals surface area contributed by atoms with Crippen LogP contribution in [0.2, 0.25) is 5.02 Å². The lowest BCUT2D eigenvalue weighted by atomic mass is 10.2. The van der Waals surface area contributed by atoms with Crippen LogP contribution in [0.1, 0.15) is 15.9 Å². The minimum Gasteiger partial charge on any atom is -0.478 e. The van der Waals surface area contributed by atoms with Gasteiger partial charge < -0.3 is 15.6 Å². The maximum absolute atomic E-state index is 10.9. The van der Waals surface area contributed by atoms with Crippen molar-refractivity contribution in [2.45, 2.75) is 6.92 Å². The second-order valence-electron chi connectivity index (χ2n) is 4.07. The van der Waals surface area contributed by atoms with Crippen molar-refractivity contribution in [2.75, 3.05) is 5.73 Å². The Labute approximate surface area is 115 Å². The predicted molar refractivity (Wildman–Crippen MR) is 74.1 cm³/mol. The monoisotopic (exact) mass is 277 g/mol. The van der Waals surface area contributed by atoms with Gasteiger partial charge in [0, 0.05) is 5.02 Å². The van der Waals surface area contributed by atoms with Gasteiger partial charge in [-0.25, -0.2) is 4.79 Å². The van der Waals surface area contributed by atoms with Gasteiger partial charge >= 0.3 is 5.97 Å². The van der Waals surface area contributed by atoms with Gasteiger partial charge in [0.05, 0.1) is 11.3 Å². The van der Waals surface area contributed by atoms with Crippen molar-refractivity contribution >= 4 is 23.3 Å². The summed E-state index contributed by atoms with van der Waals surface area (Å²) < 4.78 is 5.59. The van der Waals surface area contributed by atoms with Crippen LogP contribution < -0.4 is 10.5 Å². The number of hydrogen-bond acceptors (Lipinski definition) is 3. The minimum absolute atomic E-state index is 0.120. The third-order valence-corrected chi connectivity index (χ3v) is 3.04. The lowest BCUT2D eigenvalue weighted by Crippen LogP contribution is -1.99. The van der Waals surface area contributed by atoms with Crippen LogP contribution in [0.5, 0.6) is 11.5 Å². The fourth-order valence-corrected chi connectivity index (χ4v) is 1.68. The molecule has 0 saturated carbocycles. The highest BCUT2D eigenvalue weighted by atomic mass is 35.5. The standard InChI is InChI=1S/C14H12ClNO3/c1-8-6-10(3-4-11(8)15)19-13-7-9(14(17)18)2-5-12(13)16/h2-7H,16H2,1H3,(H,17,18). The second kappa shape index (κ2) is 5.20. The number of halogens is 1. The Balaban J connectivity index is 2.34. The van der Waals surface area contributed by atoms with E-state index in [9.17, 15) is 4.79 Å². The van der Waals surface area contributed by atoms with Crippen molar-refractivity contribution in [3.05, 3.63) is 52.5 Å². The van der Waals surface area contributed by atoms with Crippen LogP contribution in [-0.2, 0) is 0 Å². The van der Waals surface area contributed by atoms with Gasteiger partial charge in [-0.2, -0.15) is 0 Å². The van der Waals surface area contributed by atoms with Gasteiger partial charge in [-0.05, 0) is 48.9 Å². The summed E-state index contributed by atoms with van der Waals surface area (Å²) >= 11 is 5.92. The number of benzene rings is 2. The number of carboxylic acids is 1. The zero-order valence-electron chi connectivity index (χ0n) is 10.2. The average Bonchev–Trinajstić information content (AvgIpc) is 2.36. The van der Waals surface area contributed by atoms with Gasteiger partial charge in [0.1, 0.15) is 5.75 Å². The molecule has 0 unspecified atom stereocenters. The van der Waals surface area contributed by atoms with Gasteiger partial charge in [-0.15, -0.1) is 0 Å². The molecule has 2 aromatic carbocycles. The number of anilines is 1. The van der Waals surface area contributed by atoms with E-state index in [2.05, 4.69) is 0 Å². The zero-order valence-corrected chi connectivity index (χ0v) is 10.9. The topological polar surface area (TPSA) is 72.5 Å². The molecule has 4 nitrogen and oxygen atoms in total. The molecule has 0 atom stereocenters. The lowest BCUT2D eigenvalue weighted by molar-refractivity contribution is 0.0696. The van der Waals surface area contributed by atoms with E-state index in [-0.39, 0.29) is 5.56 Å². The number of aryl methyl sites for hydroxylation is 1. The van der Waals surface area contributed by atoms with Crippen LogP contribution in [0.15, 0.2) is 36.4 Å². The van der Waals surface area contributed by atoms with Gasteiger partial charge in [0.2, 0.25) is 0 Å². The summed E-state index contributed by atoms with van der Waals surface area (Å²) in [5.41, 5.74) is 7.12. The van der Waals surface area contributed by atoms with Crippen molar-refractivity contribution in [1.82, 2.24) is 0 Å². The molecule has 0 aromatic heterocycles. The third-order valence-electron chi connectivity index (χ3n) is 2.62. The van der Waals surface area contributed by atoms with E-state index < -0.39 is 5.97 Å². The molecule has 0 radical (unpaired) electrons. The average molecular weight is 278 g/mol. The number of ether oxygens (including phenoxy) is 1. The van der Waals surface area contributed by atoms with Gasteiger partial charge in [-0.3, -0.25) is 0 Å². The normalized spacial score (nSPS) is 10.2. The Morgan fingerprint density at radius 2 is 2.00 bits per heavy atom. The van der Waals surface area contributed by atoms with Gasteiger partial charge in [-0.1, -0.05) is 11.6 Å². The number of rotatable bonds is 3. The molecule has 2 aromatic rings. The van der Waals surface area contributed by atoms with Crippen molar-refractivity contribution < 1.29 is 14.6 Å². The van der Waals surface area contributed by atoms with Crippen LogP contribution in [0, 0.1) is 6.92 Å². The Bertz CT molecular complexity index is 641. The zero-order chi connectivity index (χ0) is 14.0. The number of carboxylic acid groups (broad SMARTS) is 1. The first kappa shape index (κ1) is 13.2. The van der Waals surface area contributed by atoms with E-state index in [0.717, 1.165) is 5.56 Å². The molecule has 0 spiro atoms. The molecule has 0 aliphatic rings. The molecule has 0 bridgehead atoms. The molecule has 0 aliphatic carbocycles. The van der Waals surface area contributed by atoms with Crippen molar-refractivity contribution in [1.29, 1.82) is 0 Å². The Morgan fingerprint density at radius 1 is 1.26 bits per heavy atom. The molecule has 0 aliphatic heterocycles. The summed E-state index contributed by atoms with van der Waals surface area (Å²) in [4.78, 5) is 10.9. The SMILES string of the molecule is Cc1cc(Oc2cc(C(=O)O)ccc2N)ccc1Cl. The summed E-state index contributed by atoms with van der Waals surface area (Å²) in [5.74, 6) is -0.171. The van der Waals surface area contributed by atoms with Gasteiger partial charge in [0.15, 0.2) is 5.75 Å². The number of carbonyl (C=O) groups is 1. The quantitative estimate of drug-likeness (QED) is 0.839. The number of nitrogen functional groups attached to an aromatic ring is 1. The summed E-state index contributed by atoms with van der Waals surface area (Å²) in [6.45, 7) is 1.85. The molecular formula is C14H12ClNO3. The van der Waals surface area contributed by atoms with E-state index in [1.54, 1.807) is 18.2 Å². The summed E-state index contributed by atoms with van der Waals surface area (Å²) in [6.07, 6.45) is 0. The summed E-state index contributed by atoms with van der Waals surface area (Å²) in [7, 11) is 0. The first-order valence-corrected chi connectivity index (χ1v) is 5.92. The Morgan fingerprint density at radius 3 is 2.63 bits per heavy atom. The van der Waals surface area contributed by atoms with Gasteiger partial charge in [0.25, 0.3) is 0 Å². The third kappa shape index (κ3) is 2.98. The molecule has 0 fully saturated rings. The first-order chi connectivity index (χ1) is 8.97. The lowest BCUT2D eigenvalue weighted by Gasteiger charge is -2.10. The van der Waals surface area contributed by atoms with Crippen LogP contribution in [0.3, 0.4) is 0 Å². The number of nitrogens with two attached hydrogens (primary N) is 1. The number of aromatic carboxylic acids is 1. The molecule has 19 heavy (non-hydrogen) atoms. The first-order valence-electron chi connectivity index (χ1n) is 5.54. The van der Waals surface area contributed by atoms with Crippen molar-refractivity contribution in [3.8, 4) is 11.5 Å². The smallest absolute Gasteiger partial charge is 0.335 e. The largest absolute Gasteiger partial charge is 0.478 e. The van der Waals surface area contributed by atoms with Crippen LogP contribution in [0.25, 0.3) is 0 Å². The highest BCUT2D eigenvalue weighted by Crippen LogP contribution is 2.30. The second-order valence-corrected chi connectivity index (χ2v) is 4.48. The van der Waals surface area contributed by atoms with Crippen LogP contribution in [0.4, 0.5) is 5.69 Å². The highest BCUT2D eigenvalue weighted by molar-refractivity contribution is 6.31. The fourth-order valence-electron chi connectivity index (χ4n) is 1.56. The van der Waals surface area contributed by atoms with Crippen molar-refractivity contribution in [3.63, 3.8) is 0 Å². The minimum atomic E-state index is -1.03. The molecule has 2 rings (SSSR count). The predicted octanol–water partition coefficient (Wildman–Crippen LogP) is 3.72. The van der Waals surface area contributed by atoms with E-state index >= 15 is 0 Å². The Kier molecular flexibility index (Phi) is 3.62. The maximum atomic E-state index is 10.9. The fraction of sp³-hybridized carbons (Fsp3) is 0.0714. The van der Waals surface area contributed by atoms with E-state index in [0.29, 0.717) is 22.2 Å². The maximum Gasteiger partial charge on any atom is 0.335 e. The van der Waals surface area contributed by atoms with Crippen LogP contribution in [-0.4, -0.2) is 11.1 Å². The van der Waals surface area contributed by atoms with E-state index in [1.165, 1.54) is 18.2 Å². The summed E-state index contributed by atoms with van der Waals surface area (Å²) in [6, 6.07) is 9.49. The highest BCUT2D eigenvalue weighted by Gasteiger charge is 2.09. The molecule has 3 N–H and O–H groups in total. The molecule has 0 amide bonds. The molecular weight excluding hydrogens is 266 g/mol. The molecule has 5 heteroatoms. The summed E-state index contributed by atoms with van der Waals surface area (Å²) in [5, 5.41) is 9.57. The molecule has 0 saturated heterocycles. The Hall–Kier alpha value is -2.20. The van der Waals surface area contributed by atoms with E-state index in [4.69, 9.17) is 27.2 Å². The van der Waals surface area contributed by atoms with Crippen LogP contribution >= 0.6 is 11.6 Å².